The molecular weight excluding hydrogens is 488 g/mol. The number of nitrogens with one attached hydrogen (secondary N) is 3. The maximum Gasteiger partial charge on any atom is 0.243 e. The van der Waals surface area contributed by atoms with Gasteiger partial charge in [0.25, 0.3) is 0 Å². The fourth-order valence-corrected chi connectivity index (χ4v) is 5.98. The topological polar surface area (TPSA) is 116 Å². The Balaban J connectivity index is 1.38. The minimum atomic E-state index is -3.59. The van der Waals surface area contributed by atoms with Crippen molar-refractivity contribution in [2.45, 2.75) is 30.2 Å². The van der Waals surface area contributed by atoms with Crippen molar-refractivity contribution in [1.82, 2.24) is 19.6 Å². The van der Waals surface area contributed by atoms with Crippen LogP contribution in [0.1, 0.15) is 18.4 Å². The Labute approximate surface area is 209 Å². The average Bonchev–Trinajstić information content (AvgIpc) is 2.99. The van der Waals surface area contributed by atoms with E-state index in [2.05, 4.69) is 25.9 Å². The molecule has 3 N–H and O–H groups in total. The summed E-state index contributed by atoms with van der Waals surface area (Å²) < 4.78 is 27.6. The lowest BCUT2D eigenvalue weighted by Crippen LogP contribution is -2.43. The number of halogens is 1. The Morgan fingerprint density at radius 2 is 1.86 bits per heavy atom. The first-order valence-corrected chi connectivity index (χ1v) is 13.1. The van der Waals surface area contributed by atoms with Crippen LogP contribution in [0.2, 0.25) is 5.02 Å². The van der Waals surface area contributed by atoms with E-state index in [-0.39, 0.29) is 23.3 Å². The van der Waals surface area contributed by atoms with E-state index >= 15 is 0 Å². The van der Waals surface area contributed by atoms with E-state index in [1.165, 1.54) is 4.31 Å². The predicted octanol–water partition coefficient (Wildman–Crippen LogP) is 3.41. The van der Waals surface area contributed by atoms with Crippen LogP contribution in [-0.4, -0.2) is 54.8 Å². The molecule has 0 radical (unpaired) electrons. The molecule has 1 fully saturated rings. The highest BCUT2D eigenvalue weighted by Gasteiger charge is 2.29. The summed E-state index contributed by atoms with van der Waals surface area (Å²) in [4.78, 5) is 21.5. The summed E-state index contributed by atoms with van der Waals surface area (Å²) >= 11 is 6.11. The number of benzene rings is 2. The number of carbonyl (C=O) groups is 1. The lowest BCUT2D eigenvalue weighted by atomic mass is 10.1. The van der Waals surface area contributed by atoms with Crippen LogP contribution >= 0.6 is 11.6 Å². The molecule has 5 rings (SSSR count). The quantitative estimate of drug-likeness (QED) is 0.479. The third-order valence-electron chi connectivity index (χ3n) is 6.34. The summed E-state index contributed by atoms with van der Waals surface area (Å²) in [5.74, 6) is 0.171. The molecule has 0 bridgehead atoms. The summed E-state index contributed by atoms with van der Waals surface area (Å²) in [5, 5.41) is 9.76. The van der Waals surface area contributed by atoms with Gasteiger partial charge in [-0.2, -0.15) is 4.31 Å². The van der Waals surface area contributed by atoms with Gasteiger partial charge in [-0.05, 0) is 68.4 Å². The molecule has 0 spiro atoms. The van der Waals surface area contributed by atoms with Crippen LogP contribution < -0.4 is 16.0 Å². The molecule has 2 aliphatic rings. The lowest BCUT2D eigenvalue weighted by Gasteiger charge is -2.30. The fraction of sp³-hybridized carbons (Fsp3) is 0.292. The van der Waals surface area contributed by atoms with Gasteiger partial charge in [0.1, 0.15) is 0 Å². The van der Waals surface area contributed by atoms with Crippen LogP contribution in [0.3, 0.4) is 0 Å². The highest BCUT2D eigenvalue weighted by atomic mass is 35.5. The Bertz CT molecular complexity index is 1370. The third-order valence-corrected chi connectivity index (χ3v) is 8.50. The van der Waals surface area contributed by atoms with Crippen LogP contribution in [0.5, 0.6) is 0 Å². The van der Waals surface area contributed by atoms with E-state index < -0.39 is 10.0 Å². The van der Waals surface area contributed by atoms with Crippen molar-refractivity contribution in [1.29, 1.82) is 0 Å². The number of anilines is 3. The van der Waals surface area contributed by atoms with Gasteiger partial charge in [0.15, 0.2) is 0 Å². The number of nitrogens with zero attached hydrogens (tertiary/aromatic N) is 3. The number of rotatable bonds is 5. The Morgan fingerprint density at radius 1 is 1.11 bits per heavy atom. The standard InChI is InChI=1S/C24H25ClN6O3S/c1-31(18-8-10-26-11-9-18)35(33,34)19-5-3-17(4-6-19)28-24-27-14-15-12-22(32)29-21-13-16(25)2-7-20(21)23(15)30-24/h2-7,13-14,18,26H,8-12H2,1H3,(H,29,32)(H,27,28,30). The van der Waals surface area contributed by atoms with Crippen molar-refractivity contribution in [2.75, 3.05) is 30.8 Å². The van der Waals surface area contributed by atoms with Crippen LogP contribution in [0, 0.1) is 0 Å². The number of aromatic nitrogens is 2. The number of sulfonamides is 1. The van der Waals surface area contributed by atoms with Gasteiger partial charge >= 0.3 is 0 Å². The largest absolute Gasteiger partial charge is 0.325 e. The van der Waals surface area contributed by atoms with Crippen molar-refractivity contribution in [3.63, 3.8) is 0 Å². The number of hydrogen-bond acceptors (Lipinski definition) is 7. The molecule has 11 heteroatoms. The highest BCUT2D eigenvalue weighted by molar-refractivity contribution is 7.89. The SMILES string of the molecule is CN(C1CCNCC1)S(=O)(=O)c1ccc(Nc2ncc3c(n2)-c2ccc(Cl)cc2NC(=O)C3)cc1. The van der Waals surface area contributed by atoms with Crippen molar-refractivity contribution < 1.29 is 13.2 Å². The first kappa shape index (κ1) is 23.7. The molecule has 182 valence electrons. The maximum absolute atomic E-state index is 13.1. The Morgan fingerprint density at radius 3 is 2.60 bits per heavy atom. The van der Waals surface area contributed by atoms with E-state index in [0.29, 0.717) is 33.6 Å². The third kappa shape index (κ3) is 4.87. The molecule has 1 aromatic heterocycles. The summed E-state index contributed by atoms with van der Waals surface area (Å²) in [6.07, 6.45) is 3.36. The fourth-order valence-electron chi connectivity index (χ4n) is 4.40. The van der Waals surface area contributed by atoms with E-state index in [0.717, 1.165) is 31.5 Å². The molecule has 1 saturated heterocycles. The van der Waals surface area contributed by atoms with Gasteiger partial charge in [-0.3, -0.25) is 4.79 Å². The van der Waals surface area contributed by atoms with Crippen LogP contribution in [0.4, 0.5) is 17.3 Å². The molecular formula is C24H25ClN6O3S. The highest BCUT2D eigenvalue weighted by Crippen LogP contribution is 2.35. The summed E-state index contributed by atoms with van der Waals surface area (Å²) in [5.41, 5.74) is 3.33. The summed E-state index contributed by atoms with van der Waals surface area (Å²) in [7, 11) is -1.95. The van der Waals surface area contributed by atoms with Crippen molar-refractivity contribution >= 4 is 44.9 Å². The zero-order chi connectivity index (χ0) is 24.6. The number of amides is 1. The van der Waals surface area contributed by atoms with Gasteiger partial charge in [0.2, 0.25) is 21.9 Å². The van der Waals surface area contributed by atoms with E-state index in [1.54, 1.807) is 49.6 Å². The predicted molar refractivity (Wildman–Crippen MR) is 135 cm³/mol. The smallest absolute Gasteiger partial charge is 0.243 e. The number of piperidine rings is 1. The average molecular weight is 513 g/mol. The molecule has 0 atom stereocenters. The number of hydrogen-bond donors (Lipinski definition) is 3. The molecule has 9 nitrogen and oxygen atoms in total. The molecule has 3 heterocycles. The van der Waals surface area contributed by atoms with E-state index in [4.69, 9.17) is 11.6 Å². The first-order valence-electron chi connectivity index (χ1n) is 11.3. The van der Waals surface area contributed by atoms with E-state index in [9.17, 15) is 13.2 Å². The second kappa shape index (κ2) is 9.54. The van der Waals surface area contributed by atoms with Crippen molar-refractivity contribution in [2.24, 2.45) is 0 Å². The monoisotopic (exact) mass is 512 g/mol. The van der Waals surface area contributed by atoms with Gasteiger partial charge in [-0.1, -0.05) is 11.6 Å². The second-order valence-corrected chi connectivity index (χ2v) is 11.1. The molecule has 1 amide bonds. The number of fused-ring (bicyclic) bond motifs is 3. The van der Waals surface area contributed by atoms with Crippen LogP contribution in [0.25, 0.3) is 11.3 Å². The van der Waals surface area contributed by atoms with Gasteiger partial charge in [0.05, 0.1) is 22.7 Å². The van der Waals surface area contributed by atoms with Gasteiger partial charge in [-0.25, -0.2) is 18.4 Å². The van der Waals surface area contributed by atoms with Gasteiger partial charge in [-0.15, -0.1) is 0 Å². The van der Waals surface area contributed by atoms with Crippen LogP contribution in [-0.2, 0) is 21.2 Å². The van der Waals surface area contributed by atoms with Crippen LogP contribution in [0.15, 0.2) is 53.6 Å². The normalized spacial score (nSPS) is 16.3. The van der Waals surface area contributed by atoms with Crippen molar-refractivity contribution in [3.8, 4) is 11.3 Å². The zero-order valence-electron chi connectivity index (χ0n) is 19.1. The molecule has 0 unspecified atom stereocenters. The number of carbonyl (C=O) groups excluding carboxylic acids is 1. The minimum absolute atomic E-state index is 0.00819. The second-order valence-electron chi connectivity index (χ2n) is 8.63. The van der Waals surface area contributed by atoms with Crippen molar-refractivity contribution in [3.05, 3.63) is 59.2 Å². The zero-order valence-corrected chi connectivity index (χ0v) is 20.7. The minimum Gasteiger partial charge on any atom is -0.325 e. The molecule has 2 aromatic carbocycles. The molecule has 0 saturated carbocycles. The first-order chi connectivity index (χ1) is 16.8. The van der Waals surface area contributed by atoms with Gasteiger partial charge < -0.3 is 16.0 Å². The Kier molecular flexibility index (Phi) is 6.45. The van der Waals surface area contributed by atoms with E-state index in [1.807, 2.05) is 6.07 Å². The summed E-state index contributed by atoms with van der Waals surface area (Å²) in [6.45, 7) is 1.63. The molecule has 35 heavy (non-hydrogen) atoms. The van der Waals surface area contributed by atoms with Gasteiger partial charge in [0, 0.05) is 41.1 Å². The Hall–Kier alpha value is -3.05. The molecule has 2 aliphatic heterocycles. The molecule has 3 aromatic rings. The lowest BCUT2D eigenvalue weighted by molar-refractivity contribution is -0.115. The molecule has 0 aliphatic carbocycles. The maximum atomic E-state index is 13.1. The summed E-state index contributed by atoms with van der Waals surface area (Å²) in [6, 6.07) is 11.8.